The molecule has 0 aromatic heterocycles. The molecule has 0 radical (unpaired) electrons. The zero-order valence-electron chi connectivity index (χ0n) is 6.31. The van der Waals surface area contributed by atoms with E-state index in [4.69, 9.17) is 10.5 Å². The molecule has 0 aromatic carbocycles. The van der Waals surface area contributed by atoms with Crippen molar-refractivity contribution in [1.29, 1.82) is 0 Å². The quantitative estimate of drug-likeness (QED) is 0.544. The van der Waals surface area contributed by atoms with Gasteiger partial charge in [-0.2, -0.15) is 0 Å². The summed E-state index contributed by atoms with van der Waals surface area (Å²) in [5, 5.41) is 0. The Morgan fingerprint density at radius 1 is 1.20 bits per heavy atom. The minimum Gasteiger partial charge on any atom is -0.381 e. The summed E-state index contributed by atoms with van der Waals surface area (Å²) < 4.78 is 5.29. The summed E-state index contributed by atoms with van der Waals surface area (Å²) >= 11 is 0. The third-order valence-electron chi connectivity index (χ3n) is 3.23. The molecule has 1 atom stereocenters. The maximum atomic E-state index is 5.93. The van der Waals surface area contributed by atoms with Crippen LogP contribution in [0.3, 0.4) is 0 Å². The van der Waals surface area contributed by atoms with Crippen LogP contribution in [-0.4, -0.2) is 19.3 Å². The van der Waals surface area contributed by atoms with Crippen LogP contribution < -0.4 is 5.73 Å². The third kappa shape index (κ3) is 0.789. The van der Waals surface area contributed by atoms with Crippen LogP contribution >= 0.6 is 0 Å². The van der Waals surface area contributed by atoms with Gasteiger partial charge in [0.15, 0.2) is 0 Å². The summed E-state index contributed by atoms with van der Waals surface area (Å²) in [6.45, 7) is 1.88. The van der Waals surface area contributed by atoms with Crippen molar-refractivity contribution >= 4 is 0 Å². The Kier molecular flexibility index (Phi) is 1.46. The topological polar surface area (TPSA) is 35.2 Å². The molecule has 0 aromatic rings. The van der Waals surface area contributed by atoms with Gasteiger partial charge in [0.05, 0.1) is 0 Å². The molecule has 0 bridgehead atoms. The molecule has 1 aliphatic heterocycles. The molecular weight excluding hydrogens is 126 g/mol. The molecule has 0 unspecified atom stereocenters. The molecule has 2 fully saturated rings. The Morgan fingerprint density at radius 3 is 2.20 bits per heavy atom. The van der Waals surface area contributed by atoms with E-state index in [0.29, 0.717) is 11.5 Å². The van der Waals surface area contributed by atoms with Crippen LogP contribution in [0.25, 0.3) is 0 Å². The summed E-state index contributed by atoms with van der Waals surface area (Å²) in [7, 11) is 0. The molecule has 2 nitrogen and oxygen atoms in total. The lowest BCUT2D eigenvalue weighted by molar-refractivity contribution is -0.0435. The zero-order chi connectivity index (χ0) is 7.03. The number of rotatable bonds is 0. The highest BCUT2D eigenvalue weighted by Gasteiger charge is 2.44. The fourth-order valence-corrected chi connectivity index (χ4v) is 2.12. The van der Waals surface area contributed by atoms with E-state index >= 15 is 0 Å². The first-order valence-electron chi connectivity index (χ1n) is 4.17. The Labute approximate surface area is 61.7 Å². The summed E-state index contributed by atoms with van der Waals surface area (Å²) in [6, 6.07) is 0.483. The summed E-state index contributed by atoms with van der Waals surface area (Å²) in [5.74, 6) is 0. The van der Waals surface area contributed by atoms with Crippen molar-refractivity contribution in [2.75, 3.05) is 13.2 Å². The van der Waals surface area contributed by atoms with E-state index in [1.54, 1.807) is 0 Å². The first-order chi connectivity index (χ1) is 4.83. The Bertz CT molecular complexity index is 129. The van der Waals surface area contributed by atoms with Gasteiger partial charge in [0, 0.05) is 19.3 Å². The summed E-state index contributed by atoms with van der Waals surface area (Å²) in [4.78, 5) is 0. The molecule has 2 N–H and O–H groups in total. The number of nitrogens with two attached hydrogens (primary N) is 1. The number of hydrogen-bond donors (Lipinski definition) is 1. The van der Waals surface area contributed by atoms with Crippen LogP contribution in [0.1, 0.15) is 25.7 Å². The maximum absolute atomic E-state index is 5.93. The first kappa shape index (κ1) is 6.62. The number of hydrogen-bond acceptors (Lipinski definition) is 2. The third-order valence-corrected chi connectivity index (χ3v) is 3.23. The molecule has 1 spiro atoms. The van der Waals surface area contributed by atoms with Gasteiger partial charge in [-0.05, 0) is 31.1 Å². The van der Waals surface area contributed by atoms with Crippen molar-refractivity contribution in [1.82, 2.24) is 0 Å². The molecule has 1 heterocycles. The van der Waals surface area contributed by atoms with Crippen molar-refractivity contribution in [2.24, 2.45) is 11.1 Å². The molecule has 1 aliphatic carbocycles. The number of ether oxygens (including phenoxy) is 1. The lowest BCUT2D eigenvalue weighted by atomic mass is 9.60. The van der Waals surface area contributed by atoms with Gasteiger partial charge in [0.25, 0.3) is 0 Å². The average molecular weight is 141 g/mol. The van der Waals surface area contributed by atoms with E-state index in [-0.39, 0.29) is 0 Å². The fraction of sp³-hybridized carbons (Fsp3) is 1.00. The molecular formula is C8H15NO. The average Bonchev–Trinajstić information content (AvgIpc) is 2.04. The lowest BCUT2D eigenvalue weighted by Crippen LogP contribution is -2.53. The minimum absolute atomic E-state index is 0.483. The SMILES string of the molecule is N[C@H]1CCC12CCOCC2. The summed E-state index contributed by atoms with van der Waals surface area (Å²) in [6.07, 6.45) is 4.99. The summed E-state index contributed by atoms with van der Waals surface area (Å²) in [5.41, 5.74) is 6.44. The van der Waals surface area contributed by atoms with Crippen LogP contribution in [-0.2, 0) is 4.74 Å². The van der Waals surface area contributed by atoms with Crippen LogP contribution in [0.15, 0.2) is 0 Å². The Morgan fingerprint density at radius 2 is 1.90 bits per heavy atom. The second-order valence-corrected chi connectivity index (χ2v) is 3.62. The highest BCUT2D eigenvalue weighted by Crippen LogP contribution is 2.47. The normalized spacial score (nSPS) is 37.5. The monoisotopic (exact) mass is 141 g/mol. The van der Waals surface area contributed by atoms with Crippen LogP contribution in [0.5, 0.6) is 0 Å². The lowest BCUT2D eigenvalue weighted by Gasteiger charge is -2.50. The van der Waals surface area contributed by atoms with Gasteiger partial charge in [-0.15, -0.1) is 0 Å². The highest BCUT2D eigenvalue weighted by atomic mass is 16.5. The van der Waals surface area contributed by atoms with E-state index in [0.717, 1.165) is 13.2 Å². The molecule has 1 saturated heterocycles. The predicted molar refractivity (Wildman–Crippen MR) is 39.7 cm³/mol. The maximum Gasteiger partial charge on any atom is 0.0471 e. The molecule has 0 amide bonds. The smallest absolute Gasteiger partial charge is 0.0471 e. The van der Waals surface area contributed by atoms with Crippen molar-refractivity contribution in [3.8, 4) is 0 Å². The van der Waals surface area contributed by atoms with E-state index in [1.807, 2.05) is 0 Å². The largest absolute Gasteiger partial charge is 0.381 e. The van der Waals surface area contributed by atoms with Crippen molar-refractivity contribution in [3.05, 3.63) is 0 Å². The van der Waals surface area contributed by atoms with Gasteiger partial charge in [0.2, 0.25) is 0 Å². The standard InChI is InChI=1S/C8H15NO/c9-7-1-2-8(7)3-5-10-6-4-8/h7H,1-6,9H2/t7-/m0/s1. The Balaban J connectivity index is 1.99. The second-order valence-electron chi connectivity index (χ2n) is 3.62. The van der Waals surface area contributed by atoms with E-state index in [2.05, 4.69) is 0 Å². The molecule has 10 heavy (non-hydrogen) atoms. The Hall–Kier alpha value is -0.0800. The van der Waals surface area contributed by atoms with Gasteiger partial charge < -0.3 is 10.5 Å². The van der Waals surface area contributed by atoms with Crippen molar-refractivity contribution < 1.29 is 4.74 Å². The van der Waals surface area contributed by atoms with Crippen LogP contribution in [0.2, 0.25) is 0 Å². The van der Waals surface area contributed by atoms with E-state index in [9.17, 15) is 0 Å². The van der Waals surface area contributed by atoms with Gasteiger partial charge in [-0.1, -0.05) is 0 Å². The minimum atomic E-state index is 0.483. The van der Waals surface area contributed by atoms with Gasteiger partial charge in [0.1, 0.15) is 0 Å². The van der Waals surface area contributed by atoms with Gasteiger partial charge in [-0.3, -0.25) is 0 Å². The first-order valence-corrected chi connectivity index (χ1v) is 4.17. The highest BCUT2D eigenvalue weighted by molar-refractivity contribution is 4.99. The zero-order valence-corrected chi connectivity index (χ0v) is 6.31. The molecule has 2 heteroatoms. The van der Waals surface area contributed by atoms with E-state index < -0.39 is 0 Å². The second kappa shape index (κ2) is 2.21. The fourth-order valence-electron chi connectivity index (χ4n) is 2.12. The van der Waals surface area contributed by atoms with Crippen LogP contribution in [0.4, 0.5) is 0 Å². The molecule has 58 valence electrons. The predicted octanol–water partition coefficient (Wildman–Crippen LogP) is 0.904. The van der Waals surface area contributed by atoms with Gasteiger partial charge >= 0.3 is 0 Å². The van der Waals surface area contributed by atoms with Crippen LogP contribution in [0, 0.1) is 5.41 Å². The molecule has 2 rings (SSSR count). The van der Waals surface area contributed by atoms with Gasteiger partial charge in [-0.25, -0.2) is 0 Å². The van der Waals surface area contributed by atoms with E-state index in [1.165, 1.54) is 25.7 Å². The molecule has 2 aliphatic rings. The van der Waals surface area contributed by atoms with Crippen molar-refractivity contribution in [3.63, 3.8) is 0 Å². The van der Waals surface area contributed by atoms with Crippen molar-refractivity contribution in [2.45, 2.75) is 31.7 Å². The molecule has 1 saturated carbocycles.